The molecule has 0 spiro atoms. The van der Waals surface area contributed by atoms with Crippen LogP contribution < -0.4 is 10.6 Å². The number of hydrogen-bond acceptors (Lipinski definition) is 4. The summed E-state index contributed by atoms with van der Waals surface area (Å²) in [5.41, 5.74) is 6.64. The summed E-state index contributed by atoms with van der Waals surface area (Å²) in [6.45, 7) is 7.13. The molecule has 0 bridgehead atoms. The second kappa shape index (κ2) is 5.80. The summed E-state index contributed by atoms with van der Waals surface area (Å²) in [4.78, 5) is 10.7. The number of nitrogens with zero attached hydrogens (tertiary/aromatic N) is 3. The first-order chi connectivity index (χ1) is 7.56. The Morgan fingerprint density at radius 3 is 2.56 bits per heavy atom. The Bertz CT molecular complexity index is 325. The lowest BCUT2D eigenvalue weighted by atomic mass is 10.1. The number of aromatic nitrogens is 2. The Hall–Kier alpha value is -1.16. The highest BCUT2D eigenvalue weighted by atomic mass is 15.2. The van der Waals surface area contributed by atoms with E-state index in [4.69, 9.17) is 5.73 Å². The van der Waals surface area contributed by atoms with E-state index in [1.54, 1.807) is 6.33 Å². The highest BCUT2D eigenvalue weighted by Crippen LogP contribution is 2.18. The molecule has 0 aliphatic heterocycles. The van der Waals surface area contributed by atoms with Gasteiger partial charge in [-0.25, -0.2) is 9.97 Å². The van der Waals surface area contributed by atoms with Gasteiger partial charge in [0.25, 0.3) is 0 Å². The van der Waals surface area contributed by atoms with Crippen LogP contribution in [-0.4, -0.2) is 29.6 Å². The Morgan fingerprint density at radius 1 is 1.31 bits per heavy atom. The van der Waals surface area contributed by atoms with Gasteiger partial charge in [0.15, 0.2) is 0 Å². The van der Waals surface area contributed by atoms with Crippen molar-refractivity contribution in [1.29, 1.82) is 0 Å². The van der Waals surface area contributed by atoms with Gasteiger partial charge in [0.2, 0.25) is 0 Å². The normalized spacial score (nSPS) is 12.9. The fourth-order valence-electron chi connectivity index (χ4n) is 1.53. The Labute approximate surface area is 97.9 Å². The fraction of sp³-hybridized carbons (Fsp3) is 0.667. The van der Waals surface area contributed by atoms with E-state index >= 15 is 0 Å². The SMILES string of the molecule is CC(C)c1cc(N(C)C(C)CCN)ncn1. The van der Waals surface area contributed by atoms with Crippen molar-refractivity contribution in [3.8, 4) is 0 Å². The second-order valence-corrected chi connectivity index (χ2v) is 4.49. The average Bonchev–Trinajstić information content (AvgIpc) is 2.28. The van der Waals surface area contributed by atoms with Crippen LogP contribution in [0, 0.1) is 0 Å². The highest BCUT2D eigenvalue weighted by Gasteiger charge is 2.11. The highest BCUT2D eigenvalue weighted by molar-refractivity contribution is 5.39. The molecule has 0 saturated heterocycles. The molecule has 1 heterocycles. The minimum absolute atomic E-state index is 0.403. The van der Waals surface area contributed by atoms with Crippen molar-refractivity contribution >= 4 is 5.82 Å². The van der Waals surface area contributed by atoms with Crippen molar-refractivity contribution in [1.82, 2.24) is 9.97 Å². The first kappa shape index (κ1) is 12.9. The van der Waals surface area contributed by atoms with Crippen molar-refractivity contribution in [2.75, 3.05) is 18.5 Å². The third kappa shape index (κ3) is 3.17. The number of nitrogens with two attached hydrogens (primary N) is 1. The lowest BCUT2D eigenvalue weighted by Crippen LogP contribution is -2.31. The summed E-state index contributed by atoms with van der Waals surface area (Å²) >= 11 is 0. The van der Waals surface area contributed by atoms with Gasteiger partial charge in [0.05, 0.1) is 0 Å². The standard InChI is InChI=1S/C12H22N4/c1-9(2)11-7-12(15-8-14-11)16(4)10(3)5-6-13/h7-10H,5-6,13H2,1-4H3. The van der Waals surface area contributed by atoms with Crippen molar-refractivity contribution in [2.45, 2.75) is 39.2 Å². The van der Waals surface area contributed by atoms with Crippen molar-refractivity contribution in [3.63, 3.8) is 0 Å². The number of rotatable bonds is 5. The van der Waals surface area contributed by atoms with Crippen molar-refractivity contribution < 1.29 is 0 Å². The molecule has 16 heavy (non-hydrogen) atoms. The van der Waals surface area contributed by atoms with E-state index in [1.165, 1.54) is 0 Å². The first-order valence-electron chi connectivity index (χ1n) is 5.81. The van der Waals surface area contributed by atoms with Gasteiger partial charge in [-0.2, -0.15) is 0 Å². The largest absolute Gasteiger partial charge is 0.357 e. The van der Waals surface area contributed by atoms with E-state index < -0.39 is 0 Å². The maximum atomic E-state index is 5.56. The van der Waals surface area contributed by atoms with Gasteiger partial charge < -0.3 is 10.6 Å². The van der Waals surface area contributed by atoms with Gasteiger partial charge in [-0.1, -0.05) is 13.8 Å². The van der Waals surface area contributed by atoms with E-state index in [0.717, 1.165) is 17.9 Å². The molecule has 1 aromatic rings. The van der Waals surface area contributed by atoms with Crippen LogP contribution in [0.5, 0.6) is 0 Å². The number of anilines is 1. The molecule has 0 radical (unpaired) electrons. The summed E-state index contributed by atoms with van der Waals surface area (Å²) in [5, 5.41) is 0. The molecule has 0 aromatic carbocycles. The summed E-state index contributed by atoms with van der Waals surface area (Å²) in [6.07, 6.45) is 2.61. The average molecular weight is 222 g/mol. The molecule has 4 heteroatoms. The Balaban J connectivity index is 2.82. The second-order valence-electron chi connectivity index (χ2n) is 4.49. The van der Waals surface area contributed by atoms with Gasteiger partial charge in [0, 0.05) is 24.8 Å². The zero-order valence-corrected chi connectivity index (χ0v) is 10.6. The zero-order valence-electron chi connectivity index (χ0n) is 10.6. The van der Waals surface area contributed by atoms with Crippen LogP contribution in [-0.2, 0) is 0 Å². The molecule has 0 fully saturated rings. The maximum Gasteiger partial charge on any atom is 0.132 e. The van der Waals surface area contributed by atoms with Crippen LogP contribution in [0.4, 0.5) is 5.82 Å². The van der Waals surface area contributed by atoms with Crippen LogP contribution in [0.3, 0.4) is 0 Å². The zero-order chi connectivity index (χ0) is 12.1. The van der Waals surface area contributed by atoms with Crippen LogP contribution in [0.15, 0.2) is 12.4 Å². The first-order valence-corrected chi connectivity index (χ1v) is 5.81. The van der Waals surface area contributed by atoms with Crippen LogP contribution in [0.1, 0.15) is 38.8 Å². The van der Waals surface area contributed by atoms with Crippen LogP contribution in [0.2, 0.25) is 0 Å². The monoisotopic (exact) mass is 222 g/mol. The van der Waals surface area contributed by atoms with Crippen LogP contribution in [0.25, 0.3) is 0 Å². The molecule has 4 nitrogen and oxygen atoms in total. The summed E-state index contributed by atoms with van der Waals surface area (Å²) < 4.78 is 0. The lowest BCUT2D eigenvalue weighted by Gasteiger charge is -2.25. The molecule has 1 aromatic heterocycles. The van der Waals surface area contributed by atoms with E-state index in [-0.39, 0.29) is 0 Å². The van der Waals surface area contributed by atoms with E-state index in [1.807, 2.05) is 7.05 Å². The van der Waals surface area contributed by atoms with E-state index in [0.29, 0.717) is 18.5 Å². The summed E-state index contributed by atoms with van der Waals surface area (Å²) in [7, 11) is 2.05. The van der Waals surface area contributed by atoms with Gasteiger partial charge in [-0.05, 0) is 25.8 Å². The van der Waals surface area contributed by atoms with Gasteiger partial charge in [-0.3, -0.25) is 0 Å². The van der Waals surface area contributed by atoms with Crippen molar-refractivity contribution in [3.05, 3.63) is 18.1 Å². The predicted octanol–water partition coefficient (Wildman–Crippen LogP) is 1.77. The van der Waals surface area contributed by atoms with Gasteiger partial charge in [-0.15, -0.1) is 0 Å². The molecular weight excluding hydrogens is 200 g/mol. The Kier molecular flexibility index (Phi) is 4.68. The summed E-state index contributed by atoms with van der Waals surface area (Å²) in [6, 6.07) is 2.46. The molecule has 90 valence electrons. The molecule has 2 N–H and O–H groups in total. The third-order valence-corrected chi connectivity index (χ3v) is 2.87. The van der Waals surface area contributed by atoms with Gasteiger partial charge >= 0.3 is 0 Å². The topological polar surface area (TPSA) is 55.0 Å². The molecule has 0 saturated carbocycles. The molecular formula is C12H22N4. The quantitative estimate of drug-likeness (QED) is 0.825. The van der Waals surface area contributed by atoms with E-state index in [9.17, 15) is 0 Å². The minimum atomic E-state index is 0.403. The van der Waals surface area contributed by atoms with Crippen LogP contribution >= 0.6 is 0 Å². The van der Waals surface area contributed by atoms with E-state index in [2.05, 4.69) is 41.7 Å². The maximum absolute atomic E-state index is 5.56. The lowest BCUT2D eigenvalue weighted by molar-refractivity contribution is 0.627. The number of hydrogen-bond donors (Lipinski definition) is 1. The molecule has 1 rings (SSSR count). The molecule has 1 atom stereocenters. The molecule has 0 amide bonds. The molecule has 0 aliphatic carbocycles. The fourth-order valence-corrected chi connectivity index (χ4v) is 1.53. The third-order valence-electron chi connectivity index (χ3n) is 2.87. The Morgan fingerprint density at radius 2 is 2.00 bits per heavy atom. The molecule has 1 unspecified atom stereocenters. The summed E-state index contributed by atoms with van der Waals surface area (Å²) in [5.74, 6) is 1.40. The minimum Gasteiger partial charge on any atom is -0.357 e. The van der Waals surface area contributed by atoms with Gasteiger partial charge in [0.1, 0.15) is 12.1 Å². The smallest absolute Gasteiger partial charge is 0.132 e. The van der Waals surface area contributed by atoms with Crippen molar-refractivity contribution in [2.24, 2.45) is 5.73 Å². The molecule has 0 aliphatic rings. The predicted molar refractivity (Wildman–Crippen MR) is 67.7 cm³/mol.